The Labute approximate surface area is 103 Å². The van der Waals surface area contributed by atoms with Crippen molar-refractivity contribution in [1.82, 2.24) is 5.32 Å². The Bertz CT molecular complexity index is 257. The van der Waals surface area contributed by atoms with Gasteiger partial charge in [-0.1, -0.05) is 25.7 Å². The average Bonchev–Trinajstić information content (AvgIpc) is 2.54. The highest BCUT2D eigenvalue weighted by Crippen LogP contribution is 2.25. The fourth-order valence-electron chi connectivity index (χ4n) is 2.48. The zero-order valence-corrected chi connectivity index (χ0v) is 10.6. The number of carbonyl (C=O) groups excluding carboxylic acids is 1. The second-order valence-electron chi connectivity index (χ2n) is 5.00. The molecule has 98 valence electrons. The molecule has 1 rings (SSSR count). The van der Waals surface area contributed by atoms with Gasteiger partial charge in [-0.15, -0.1) is 0 Å². The molecule has 0 aromatic carbocycles. The van der Waals surface area contributed by atoms with Crippen LogP contribution in [-0.4, -0.2) is 23.0 Å². The van der Waals surface area contributed by atoms with Gasteiger partial charge in [0.1, 0.15) is 0 Å². The number of amides is 1. The lowest BCUT2D eigenvalue weighted by atomic mass is 9.93. The first-order valence-corrected chi connectivity index (χ1v) is 6.60. The van der Waals surface area contributed by atoms with E-state index in [0.717, 1.165) is 0 Å². The summed E-state index contributed by atoms with van der Waals surface area (Å²) in [7, 11) is 0. The van der Waals surface area contributed by atoms with Crippen molar-refractivity contribution >= 4 is 11.9 Å². The van der Waals surface area contributed by atoms with Crippen molar-refractivity contribution in [3.05, 3.63) is 0 Å². The summed E-state index contributed by atoms with van der Waals surface area (Å²) in [6.07, 6.45) is 7.47. The van der Waals surface area contributed by atoms with Gasteiger partial charge < -0.3 is 10.4 Å². The summed E-state index contributed by atoms with van der Waals surface area (Å²) in [6, 6.07) is 0.175. The van der Waals surface area contributed by atoms with Crippen LogP contribution in [0.4, 0.5) is 0 Å². The minimum atomic E-state index is -0.915. The smallest absolute Gasteiger partial charge is 0.303 e. The maximum Gasteiger partial charge on any atom is 0.303 e. The number of hydrogen-bond donors (Lipinski definition) is 2. The maximum atomic E-state index is 11.5. The van der Waals surface area contributed by atoms with Gasteiger partial charge in [0.25, 0.3) is 0 Å². The van der Waals surface area contributed by atoms with Crippen molar-refractivity contribution in [2.75, 3.05) is 0 Å². The first-order valence-electron chi connectivity index (χ1n) is 6.60. The molecule has 1 aliphatic carbocycles. The first-order chi connectivity index (χ1) is 8.09. The number of carboxylic acid groups (broad SMARTS) is 1. The summed E-state index contributed by atoms with van der Waals surface area (Å²) in [6.45, 7) is 2.04. The summed E-state index contributed by atoms with van der Waals surface area (Å²) in [5.74, 6) is -0.488. The van der Waals surface area contributed by atoms with E-state index in [1.807, 2.05) is 6.92 Å². The van der Waals surface area contributed by atoms with E-state index in [0.29, 0.717) is 5.92 Å². The third-order valence-corrected chi connectivity index (χ3v) is 3.56. The summed E-state index contributed by atoms with van der Waals surface area (Å²) in [4.78, 5) is 21.9. The van der Waals surface area contributed by atoms with Gasteiger partial charge in [-0.25, -0.2) is 0 Å². The van der Waals surface area contributed by atoms with Crippen LogP contribution < -0.4 is 5.32 Å². The van der Waals surface area contributed by atoms with Crippen LogP contribution in [0, 0.1) is 5.92 Å². The quantitative estimate of drug-likeness (QED) is 0.726. The molecule has 0 aromatic heterocycles. The molecule has 1 amide bonds. The molecule has 1 aliphatic rings. The zero-order chi connectivity index (χ0) is 12.7. The number of carboxylic acids is 1. The van der Waals surface area contributed by atoms with Gasteiger partial charge >= 0.3 is 5.97 Å². The topological polar surface area (TPSA) is 66.4 Å². The van der Waals surface area contributed by atoms with Crippen molar-refractivity contribution in [2.45, 2.75) is 64.3 Å². The molecule has 17 heavy (non-hydrogen) atoms. The summed E-state index contributed by atoms with van der Waals surface area (Å²) < 4.78 is 0. The van der Waals surface area contributed by atoms with Crippen molar-refractivity contribution in [2.24, 2.45) is 5.92 Å². The molecular formula is C13H23NO3. The molecule has 4 heteroatoms. The minimum absolute atomic E-state index is 0.0801. The maximum absolute atomic E-state index is 11.5. The molecule has 0 unspecified atom stereocenters. The number of nitrogens with one attached hydrogen (secondary N) is 1. The zero-order valence-electron chi connectivity index (χ0n) is 10.6. The van der Waals surface area contributed by atoms with Gasteiger partial charge in [0, 0.05) is 12.5 Å². The number of hydrogen-bond acceptors (Lipinski definition) is 2. The Hall–Kier alpha value is -1.06. The fourth-order valence-corrected chi connectivity index (χ4v) is 2.48. The van der Waals surface area contributed by atoms with Crippen LogP contribution >= 0.6 is 0 Å². The minimum Gasteiger partial charge on any atom is -0.481 e. The standard InChI is InChI=1S/C13H23NO3/c1-10(11-6-4-2-3-5-7-11)14-12(15)8-9-13(16)17/h10-11H,2-9H2,1H3,(H,14,15)(H,16,17)/t10-/m0/s1. The van der Waals surface area contributed by atoms with Crippen LogP contribution in [0.3, 0.4) is 0 Å². The van der Waals surface area contributed by atoms with E-state index in [2.05, 4.69) is 5.32 Å². The molecule has 0 aliphatic heterocycles. The van der Waals surface area contributed by atoms with E-state index in [1.165, 1.54) is 38.5 Å². The van der Waals surface area contributed by atoms with Crippen LogP contribution in [0.5, 0.6) is 0 Å². The summed E-state index contributed by atoms with van der Waals surface area (Å²) >= 11 is 0. The lowest BCUT2D eigenvalue weighted by molar-refractivity contribution is -0.139. The van der Waals surface area contributed by atoms with Crippen molar-refractivity contribution in [1.29, 1.82) is 0 Å². The Morgan fingerprint density at radius 1 is 1.18 bits per heavy atom. The predicted molar refractivity (Wildman–Crippen MR) is 65.7 cm³/mol. The third-order valence-electron chi connectivity index (χ3n) is 3.56. The van der Waals surface area contributed by atoms with E-state index in [9.17, 15) is 9.59 Å². The monoisotopic (exact) mass is 241 g/mol. The molecule has 0 radical (unpaired) electrons. The lowest BCUT2D eigenvalue weighted by Crippen LogP contribution is -2.38. The van der Waals surface area contributed by atoms with Crippen LogP contribution in [0.25, 0.3) is 0 Å². The molecule has 1 saturated carbocycles. The Morgan fingerprint density at radius 2 is 1.76 bits per heavy atom. The van der Waals surface area contributed by atoms with Crippen molar-refractivity contribution in [3.63, 3.8) is 0 Å². The molecule has 2 N–H and O–H groups in total. The summed E-state index contributed by atoms with van der Waals surface area (Å²) in [5, 5.41) is 11.4. The normalized spacial score (nSPS) is 19.4. The van der Waals surface area contributed by atoms with E-state index in [4.69, 9.17) is 5.11 Å². The molecule has 0 aromatic rings. The molecule has 0 bridgehead atoms. The highest BCUT2D eigenvalue weighted by molar-refractivity contribution is 5.80. The van der Waals surface area contributed by atoms with E-state index in [1.54, 1.807) is 0 Å². The van der Waals surface area contributed by atoms with Gasteiger partial charge in [-0.3, -0.25) is 9.59 Å². The second kappa shape index (κ2) is 7.30. The molecule has 1 fully saturated rings. The Kier molecular flexibility index (Phi) is 6.01. The Morgan fingerprint density at radius 3 is 2.29 bits per heavy atom. The van der Waals surface area contributed by atoms with E-state index in [-0.39, 0.29) is 24.8 Å². The number of aliphatic carboxylic acids is 1. The second-order valence-corrected chi connectivity index (χ2v) is 5.00. The largest absolute Gasteiger partial charge is 0.481 e. The molecule has 0 spiro atoms. The fraction of sp³-hybridized carbons (Fsp3) is 0.846. The average molecular weight is 241 g/mol. The van der Waals surface area contributed by atoms with Crippen molar-refractivity contribution in [3.8, 4) is 0 Å². The van der Waals surface area contributed by atoms with Crippen LogP contribution in [0.15, 0.2) is 0 Å². The SMILES string of the molecule is C[C@H](NC(=O)CCC(=O)O)C1CCCCCC1. The lowest BCUT2D eigenvalue weighted by Gasteiger charge is -2.23. The molecule has 4 nitrogen and oxygen atoms in total. The number of carbonyl (C=O) groups is 2. The molecule has 1 atom stereocenters. The molecule has 0 saturated heterocycles. The van der Waals surface area contributed by atoms with Crippen molar-refractivity contribution < 1.29 is 14.7 Å². The highest BCUT2D eigenvalue weighted by atomic mass is 16.4. The van der Waals surface area contributed by atoms with E-state index >= 15 is 0 Å². The molecule has 0 heterocycles. The molecular weight excluding hydrogens is 218 g/mol. The van der Waals surface area contributed by atoms with E-state index < -0.39 is 5.97 Å². The van der Waals surface area contributed by atoms with Crippen LogP contribution in [0.2, 0.25) is 0 Å². The third kappa shape index (κ3) is 5.71. The van der Waals surface area contributed by atoms with Gasteiger partial charge in [0.05, 0.1) is 6.42 Å². The number of rotatable bonds is 5. The predicted octanol–water partition coefficient (Wildman–Crippen LogP) is 2.33. The van der Waals surface area contributed by atoms with Gasteiger partial charge in [-0.05, 0) is 25.7 Å². The van der Waals surface area contributed by atoms with Gasteiger partial charge in [0.2, 0.25) is 5.91 Å². The van der Waals surface area contributed by atoms with Crippen LogP contribution in [-0.2, 0) is 9.59 Å². The first kappa shape index (κ1) is 14.0. The summed E-state index contributed by atoms with van der Waals surface area (Å²) in [5.41, 5.74) is 0. The van der Waals surface area contributed by atoms with Gasteiger partial charge in [-0.2, -0.15) is 0 Å². The highest BCUT2D eigenvalue weighted by Gasteiger charge is 2.20. The van der Waals surface area contributed by atoms with Crippen LogP contribution in [0.1, 0.15) is 58.3 Å². The van der Waals surface area contributed by atoms with Gasteiger partial charge in [0.15, 0.2) is 0 Å². The Balaban J connectivity index is 2.28.